The van der Waals surface area contributed by atoms with E-state index in [2.05, 4.69) is 5.32 Å². The van der Waals surface area contributed by atoms with Crippen LogP contribution in [0.25, 0.3) is 0 Å². The van der Waals surface area contributed by atoms with Crippen LogP contribution in [0.3, 0.4) is 0 Å². The highest BCUT2D eigenvalue weighted by Crippen LogP contribution is 2.24. The molecule has 0 aromatic heterocycles. The van der Waals surface area contributed by atoms with Gasteiger partial charge in [-0.3, -0.25) is 9.59 Å². The number of carbonyl (C=O) groups excluding carboxylic acids is 1. The maximum atomic E-state index is 11.8. The molecule has 2 rings (SSSR count). The van der Waals surface area contributed by atoms with E-state index < -0.39 is 5.97 Å². The molecule has 2 aliphatic rings. The second-order valence-corrected chi connectivity index (χ2v) is 5.45. The smallest absolute Gasteiger partial charge is 0.306 e. The van der Waals surface area contributed by atoms with Gasteiger partial charge in [-0.2, -0.15) is 0 Å². The summed E-state index contributed by atoms with van der Waals surface area (Å²) in [7, 11) is 0. The Labute approximate surface area is 113 Å². The Morgan fingerprint density at radius 1 is 1.37 bits per heavy atom. The van der Waals surface area contributed by atoms with Crippen molar-refractivity contribution in [2.45, 2.75) is 25.9 Å². The third-order valence-electron chi connectivity index (χ3n) is 4.09. The highest BCUT2D eigenvalue weighted by atomic mass is 16.5. The lowest BCUT2D eigenvalue weighted by Crippen LogP contribution is -2.54. The lowest BCUT2D eigenvalue weighted by molar-refractivity contribution is -0.153. The molecule has 0 saturated carbocycles. The quantitative estimate of drug-likeness (QED) is 0.731. The topological polar surface area (TPSA) is 78.9 Å². The number of carboxylic acids is 1. The summed E-state index contributed by atoms with van der Waals surface area (Å²) in [5, 5.41) is 12.1. The molecule has 2 aliphatic heterocycles. The lowest BCUT2D eigenvalue weighted by atomic mass is 9.87. The maximum Gasteiger partial charge on any atom is 0.306 e. The number of hydrogen-bond acceptors (Lipinski definition) is 4. The summed E-state index contributed by atoms with van der Waals surface area (Å²) in [5.74, 6) is -1.11. The molecule has 2 fully saturated rings. The molecule has 6 nitrogen and oxygen atoms in total. The van der Waals surface area contributed by atoms with E-state index in [4.69, 9.17) is 9.84 Å². The summed E-state index contributed by atoms with van der Waals surface area (Å²) in [6.07, 6.45) is 2.08. The van der Waals surface area contributed by atoms with Gasteiger partial charge in [0, 0.05) is 19.0 Å². The largest absolute Gasteiger partial charge is 0.481 e. The zero-order chi connectivity index (χ0) is 13.8. The molecule has 0 spiro atoms. The maximum absolute atomic E-state index is 11.8. The van der Waals surface area contributed by atoms with Gasteiger partial charge in [0.2, 0.25) is 5.91 Å². The Balaban J connectivity index is 1.64. The Kier molecular flexibility index (Phi) is 4.76. The fraction of sp³-hybridized carbons (Fsp3) is 0.846. The number of hydrogen-bond donors (Lipinski definition) is 2. The first-order valence-electron chi connectivity index (χ1n) is 6.91. The van der Waals surface area contributed by atoms with Crippen molar-refractivity contribution in [3.63, 3.8) is 0 Å². The van der Waals surface area contributed by atoms with Gasteiger partial charge in [-0.25, -0.2) is 0 Å². The van der Waals surface area contributed by atoms with Crippen molar-refractivity contribution in [2.75, 3.05) is 32.8 Å². The standard InChI is InChI=1S/C13H22N2O4/c1-9(13(17)18)10-6-15(7-10)12(16)8-19-11-2-4-14-5-3-11/h9-11,14H,2-8H2,1H3,(H,17,18). The van der Waals surface area contributed by atoms with Crippen LogP contribution in [0.4, 0.5) is 0 Å². The van der Waals surface area contributed by atoms with Crippen LogP contribution < -0.4 is 5.32 Å². The van der Waals surface area contributed by atoms with Gasteiger partial charge in [-0.15, -0.1) is 0 Å². The number of carboxylic acid groups (broad SMARTS) is 1. The van der Waals surface area contributed by atoms with Gasteiger partial charge in [0.05, 0.1) is 12.0 Å². The van der Waals surface area contributed by atoms with Gasteiger partial charge >= 0.3 is 5.97 Å². The number of ether oxygens (including phenoxy) is 1. The second kappa shape index (κ2) is 6.34. The van der Waals surface area contributed by atoms with E-state index in [1.54, 1.807) is 11.8 Å². The molecule has 19 heavy (non-hydrogen) atoms. The van der Waals surface area contributed by atoms with Gasteiger partial charge in [0.1, 0.15) is 6.61 Å². The van der Waals surface area contributed by atoms with Crippen LogP contribution in [-0.4, -0.2) is 60.8 Å². The van der Waals surface area contributed by atoms with Crippen LogP contribution >= 0.6 is 0 Å². The Hall–Kier alpha value is -1.14. The molecule has 0 aromatic rings. The summed E-state index contributed by atoms with van der Waals surface area (Å²) >= 11 is 0. The van der Waals surface area contributed by atoms with Crippen molar-refractivity contribution in [1.82, 2.24) is 10.2 Å². The van der Waals surface area contributed by atoms with E-state index in [0.29, 0.717) is 13.1 Å². The fourth-order valence-corrected chi connectivity index (χ4v) is 2.48. The molecule has 1 atom stereocenters. The van der Waals surface area contributed by atoms with Crippen LogP contribution in [0.2, 0.25) is 0 Å². The van der Waals surface area contributed by atoms with Crippen molar-refractivity contribution in [1.29, 1.82) is 0 Å². The van der Waals surface area contributed by atoms with Gasteiger partial charge in [0.15, 0.2) is 0 Å². The number of amides is 1. The molecule has 2 N–H and O–H groups in total. The Bertz CT molecular complexity index is 336. The van der Waals surface area contributed by atoms with Crippen molar-refractivity contribution in [3.8, 4) is 0 Å². The van der Waals surface area contributed by atoms with E-state index >= 15 is 0 Å². The normalized spacial score (nSPS) is 22.9. The first-order chi connectivity index (χ1) is 9.08. The summed E-state index contributed by atoms with van der Waals surface area (Å²) < 4.78 is 5.60. The summed E-state index contributed by atoms with van der Waals surface area (Å²) in [6, 6.07) is 0. The van der Waals surface area contributed by atoms with Crippen LogP contribution in [0.5, 0.6) is 0 Å². The molecule has 6 heteroatoms. The molecule has 108 valence electrons. The minimum atomic E-state index is -0.789. The predicted molar refractivity (Wildman–Crippen MR) is 68.7 cm³/mol. The van der Waals surface area contributed by atoms with Crippen LogP contribution in [0, 0.1) is 11.8 Å². The molecule has 0 aliphatic carbocycles. The minimum absolute atomic E-state index is 0.0210. The average molecular weight is 270 g/mol. The number of rotatable bonds is 5. The van der Waals surface area contributed by atoms with Crippen molar-refractivity contribution in [2.24, 2.45) is 11.8 Å². The SMILES string of the molecule is CC(C(=O)O)C1CN(C(=O)COC2CCNCC2)C1. The summed E-state index contributed by atoms with van der Waals surface area (Å²) in [5.41, 5.74) is 0. The van der Waals surface area contributed by atoms with Gasteiger partial charge in [0.25, 0.3) is 0 Å². The second-order valence-electron chi connectivity index (χ2n) is 5.45. The van der Waals surface area contributed by atoms with E-state index in [-0.39, 0.29) is 30.5 Å². The molecule has 1 unspecified atom stereocenters. The van der Waals surface area contributed by atoms with E-state index in [1.807, 2.05) is 0 Å². The number of piperidine rings is 1. The number of aliphatic carboxylic acids is 1. The monoisotopic (exact) mass is 270 g/mol. The molecule has 2 heterocycles. The summed E-state index contributed by atoms with van der Waals surface area (Å²) in [4.78, 5) is 24.3. The highest BCUT2D eigenvalue weighted by Gasteiger charge is 2.37. The fourth-order valence-electron chi connectivity index (χ4n) is 2.48. The third-order valence-corrected chi connectivity index (χ3v) is 4.09. The van der Waals surface area contributed by atoms with Crippen molar-refractivity contribution in [3.05, 3.63) is 0 Å². The van der Waals surface area contributed by atoms with E-state index in [1.165, 1.54) is 0 Å². The number of nitrogens with zero attached hydrogens (tertiary/aromatic N) is 1. The molecule has 2 saturated heterocycles. The average Bonchev–Trinajstić information content (AvgIpc) is 2.35. The van der Waals surface area contributed by atoms with Crippen LogP contribution in [0.15, 0.2) is 0 Å². The molecular weight excluding hydrogens is 248 g/mol. The van der Waals surface area contributed by atoms with Gasteiger partial charge in [-0.1, -0.05) is 6.92 Å². The number of carbonyl (C=O) groups is 2. The zero-order valence-corrected chi connectivity index (χ0v) is 11.3. The van der Waals surface area contributed by atoms with Crippen LogP contribution in [0.1, 0.15) is 19.8 Å². The number of likely N-dealkylation sites (tertiary alicyclic amines) is 1. The van der Waals surface area contributed by atoms with Crippen molar-refractivity contribution < 1.29 is 19.4 Å². The van der Waals surface area contributed by atoms with Crippen molar-refractivity contribution >= 4 is 11.9 Å². The Morgan fingerprint density at radius 3 is 2.58 bits per heavy atom. The van der Waals surface area contributed by atoms with E-state index in [9.17, 15) is 9.59 Å². The predicted octanol–water partition coefficient (Wildman–Crippen LogP) is -0.0659. The number of nitrogens with one attached hydrogen (secondary N) is 1. The highest BCUT2D eigenvalue weighted by molar-refractivity contribution is 5.79. The molecule has 0 radical (unpaired) electrons. The minimum Gasteiger partial charge on any atom is -0.481 e. The molecule has 1 amide bonds. The van der Waals surface area contributed by atoms with E-state index in [0.717, 1.165) is 25.9 Å². The van der Waals surface area contributed by atoms with Gasteiger partial charge < -0.3 is 20.1 Å². The Morgan fingerprint density at radius 2 is 2.00 bits per heavy atom. The third kappa shape index (κ3) is 3.67. The first-order valence-corrected chi connectivity index (χ1v) is 6.91. The summed E-state index contributed by atoms with van der Waals surface area (Å²) in [6.45, 7) is 4.80. The first kappa shape index (κ1) is 14.3. The molecule has 0 aromatic carbocycles. The zero-order valence-electron chi connectivity index (χ0n) is 11.3. The molecular formula is C13H22N2O4. The van der Waals surface area contributed by atoms with Crippen LogP contribution in [-0.2, 0) is 14.3 Å². The lowest BCUT2D eigenvalue weighted by Gasteiger charge is -2.41. The molecule has 0 bridgehead atoms. The van der Waals surface area contributed by atoms with Gasteiger partial charge in [-0.05, 0) is 25.9 Å².